The van der Waals surface area contributed by atoms with Gasteiger partial charge in [-0.2, -0.15) is 0 Å². The van der Waals surface area contributed by atoms with E-state index in [0.29, 0.717) is 0 Å². The van der Waals surface area contributed by atoms with Crippen molar-refractivity contribution in [1.82, 2.24) is 5.32 Å². The number of amides is 1. The van der Waals surface area contributed by atoms with Gasteiger partial charge in [-0.1, -0.05) is 6.07 Å². The minimum Gasteiger partial charge on any atom is -0.484 e. The molecule has 20 heavy (non-hydrogen) atoms. The first-order valence-electron chi connectivity index (χ1n) is 5.92. The van der Waals surface area contributed by atoms with Crippen molar-refractivity contribution in [1.29, 1.82) is 0 Å². The minimum absolute atomic E-state index is 0.150. The molecule has 2 N–H and O–H groups in total. The highest BCUT2D eigenvalue weighted by molar-refractivity contribution is 5.84. The summed E-state index contributed by atoms with van der Waals surface area (Å²) >= 11 is 0. The molecule has 1 rings (SSSR count). The highest BCUT2D eigenvalue weighted by Gasteiger charge is 2.19. The Morgan fingerprint density at radius 2 is 2.20 bits per heavy atom. The van der Waals surface area contributed by atoms with Gasteiger partial charge in [0.15, 0.2) is 6.61 Å². The van der Waals surface area contributed by atoms with Crippen molar-refractivity contribution in [3.8, 4) is 5.75 Å². The number of halogens is 1. The lowest BCUT2D eigenvalue weighted by Gasteiger charge is -2.14. The van der Waals surface area contributed by atoms with Gasteiger partial charge in [-0.3, -0.25) is 4.79 Å². The van der Waals surface area contributed by atoms with Crippen LogP contribution in [0.4, 0.5) is 4.39 Å². The third-order valence-corrected chi connectivity index (χ3v) is 2.41. The molecule has 0 aliphatic carbocycles. The molecule has 1 atom stereocenters. The van der Waals surface area contributed by atoms with E-state index in [2.05, 4.69) is 5.32 Å². The van der Waals surface area contributed by atoms with E-state index < -0.39 is 23.7 Å². The molecule has 0 heterocycles. The molecule has 1 aromatic rings. The van der Waals surface area contributed by atoms with Crippen LogP contribution in [0.1, 0.15) is 6.42 Å². The lowest BCUT2D eigenvalue weighted by molar-refractivity contribution is -0.142. The number of carboxylic acids is 1. The van der Waals surface area contributed by atoms with E-state index in [-0.39, 0.29) is 25.4 Å². The molecule has 0 saturated heterocycles. The van der Waals surface area contributed by atoms with Crippen molar-refractivity contribution in [2.24, 2.45) is 0 Å². The molecule has 7 heteroatoms. The van der Waals surface area contributed by atoms with Gasteiger partial charge in [0.1, 0.15) is 17.6 Å². The standard InChI is InChI=1S/C13H16FNO5/c1-19-6-5-11(13(17)18)15-12(16)8-20-10-4-2-3-9(14)7-10/h2-4,7,11H,5-6,8H2,1H3,(H,15,16)(H,17,18). The summed E-state index contributed by atoms with van der Waals surface area (Å²) in [6.45, 7) is -0.178. The van der Waals surface area contributed by atoms with Gasteiger partial charge in [0.05, 0.1) is 0 Å². The average molecular weight is 285 g/mol. The number of hydrogen-bond acceptors (Lipinski definition) is 4. The first-order chi connectivity index (χ1) is 9.52. The third-order valence-electron chi connectivity index (χ3n) is 2.41. The molecule has 6 nitrogen and oxygen atoms in total. The number of aliphatic carboxylic acids is 1. The quantitative estimate of drug-likeness (QED) is 0.738. The number of carbonyl (C=O) groups is 2. The zero-order valence-electron chi connectivity index (χ0n) is 11.0. The van der Waals surface area contributed by atoms with E-state index in [4.69, 9.17) is 14.6 Å². The summed E-state index contributed by atoms with van der Waals surface area (Å²) < 4.78 is 22.7. The van der Waals surface area contributed by atoms with E-state index in [1.54, 1.807) is 0 Å². The van der Waals surface area contributed by atoms with Crippen molar-refractivity contribution in [3.05, 3.63) is 30.1 Å². The number of methoxy groups -OCH3 is 1. The summed E-state index contributed by atoms with van der Waals surface area (Å²) in [6.07, 6.45) is 0.150. The first kappa shape index (κ1) is 15.9. The summed E-state index contributed by atoms with van der Waals surface area (Å²) in [5, 5.41) is 11.2. The lowest BCUT2D eigenvalue weighted by atomic mass is 10.2. The van der Waals surface area contributed by atoms with Crippen LogP contribution in [0.5, 0.6) is 5.75 Å². The van der Waals surface area contributed by atoms with Crippen molar-refractivity contribution in [2.45, 2.75) is 12.5 Å². The fraction of sp³-hybridized carbons (Fsp3) is 0.385. The van der Waals surface area contributed by atoms with Gasteiger partial charge in [-0.15, -0.1) is 0 Å². The number of carboxylic acid groups (broad SMARTS) is 1. The van der Waals surface area contributed by atoms with Gasteiger partial charge >= 0.3 is 5.97 Å². The van der Waals surface area contributed by atoms with Crippen LogP contribution in [0, 0.1) is 5.82 Å². The van der Waals surface area contributed by atoms with Gasteiger partial charge in [0.25, 0.3) is 5.91 Å². The summed E-state index contributed by atoms with van der Waals surface area (Å²) in [6, 6.07) is 4.28. The third kappa shape index (κ3) is 5.66. The number of rotatable bonds is 8. The SMILES string of the molecule is COCCC(NC(=O)COc1cccc(F)c1)C(=O)O. The topological polar surface area (TPSA) is 84.9 Å². The summed E-state index contributed by atoms with van der Waals surface area (Å²) in [7, 11) is 1.44. The first-order valence-corrected chi connectivity index (χ1v) is 5.92. The molecule has 0 radical (unpaired) electrons. The molecular formula is C13H16FNO5. The van der Waals surface area contributed by atoms with Crippen molar-refractivity contribution in [2.75, 3.05) is 20.3 Å². The second-order valence-corrected chi connectivity index (χ2v) is 3.99. The highest BCUT2D eigenvalue weighted by Crippen LogP contribution is 2.11. The van der Waals surface area contributed by atoms with Crippen LogP contribution in [0.3, 0.4) is 0 Å². The number of ether oxygens (including phenoxy) is 2. The van der Waals surface area contributed by atoms with Crippen LogP contribution in [-0.2, 0) is 14.3 Å². The fourth-order valence-electron chi connectivity index (χ4n) is 1.43. The van der Waals surface area contributed by atoms with E-state index in [1.165, 1.54) is 25.3 Å². The highest BCUT2D eigenvalue weighted by atomic mass is 19.1. The molecule has 0 fully saturated rings. The fourth-order valence-corrected chi connectivity index (χ4v) is 1.43. The Kier molecular flexibility index (Phi) is 6.45. The maximum absolute atomic E-state index is 12.9. The molecule has 1 unspecified atom stereocenters. The van der Waals surface area contributed by atoms with E-state index in [0.717, 1.165) is 6.07 Å². The molecule has 1 aromatic carbocycles. The maximum atomic E-state index is 12.9. The summed E-state index contributed by atoms with van der Waals surface area (Å²) in [5.74, 6) is -2.03. The summed E-state index contributed by atoms with van der Waals surface area (Å²) in [4.78, 5) is 22.4. The molecule has 0 saturated carbocycles. The second kappa shape index (κ2) is 8.11. The molecule has 0 aliphatic heterocycles. The lowest BCUT2D eigenvalue weighted by Crippen LogP contribution is -2.43. The summed E-state index contributed by atoms with van der Waals surface area (Å²) in [5.41, 5.74) is 0. The van der Waals surface area contributed by atoms with E-state index in [9.17, 15) is 14.0 Å². The van der Waals surface area contributed by atoms with E-state index in [1.807, 2.05) is 0 Å². The molecule has 0 aliphatic rings. The molecule has 0 spiro atoms. The van der Waals surface area contributed by atoms with Gasteiger partial charge in [0, 0.05) is 26.2 Å². The normalized spacial score (nSPS) is 11.7. The minimum atomic E-state index is -1.15. The average Bonchev–Trinajstić information content (AvgIpc) is 2.41. The molecule has 0 aromatic heterocycles. The Morgan fingerprint density at radius 1 is 1.45 bits per heavy atom. The van der Waals surface area contributed by atoms with E-state index >= 15 is 0 Å². The van der Waals surface area contributed by atoms with Gasteiger partial charge in [-0.25, -0.2) is 9.18 Å². The molecule has 0 bridgehead atoms. The van der Waals surface area contributed by atoms with Crippen LogP contribution in [0.15, 0.2) is 24.3 Å². The Balaban J connectivity index is 2.43. The van der Waals surface area contributed by atoms with Gasteiger partial charge in [0.2, 0.25) is 0 Å². The predicted octanol–water partition coefficient (Wildman–Crippen LogP) is 0.810. The van der Waals surface area contributed by atoms with Gasteiger partial charge in [-0.05, 0) is 12.1 Å². The number of hydrogen-bond donors (Lipinski definition) is 2. The number of nitrogens with one attached hydrogen (secondary N) is 1. The van der Waals surface area contributed by atoms with Gasteiger partial charge < -0.3 is 19.9 Å². The zero-order valence-corrected chi connectivity index (χ0v) is 11.0. The predicted molar refractivity (Wildman–Crippen MR) is 68.0 cm³/mol. The Labute approximate surface area is 115 Å². The van der Waals surface area contributed by atoms with Crippen LogP contribution in [0.2, 0.25) is 0 Å². The van der Waals surface area contributed by atoms with Crippen LogP contribution >= 0.6 is 0 Å². The van der Waals surface area contributed by atoms with Crippen LogP contribution < -0.4 is 10.1 Å². The zero-order chi connectivity index (χ0) is 15.0. The van der Waals surface area contributed by atoms with Crippen molar-refractivity contribution in [3.63, 3.8) is 0 Å². The van der Waals surface area contributed by atoms with Crippen molar-refractivity contribution >= 4 is 11.9 Å². The van der Waals surface area contributed by atoms with Crippen LogP contribution in [-0.4, -0.2) is 43.3 Å². The molecular weight excluding hydrogens is 269 g/mol. The van der Waals surface area contributed by atoms with Crippen LogP contribution in [0.25, 0.3) is 0 Å². The molecule has 110 valence electrons. The number of benzene rings is 1. The Bertz CT molecular complexity index is 466. The smallest absolute Gasteiger partial charge is 0.326 e. The monoisotopic (exact) mass is 285 g/mol. The maximum Gasteiger partial charge on any atom is 0.326 e. The molecule has 1 amide bonds. The second-order valence-electron chi connectivity index (χ2n) is 3.99. The largest absolute Gasteiger partial charge is 0.484 e. The van der Waals surface area contributed by atoms with Crippen molar-refractivity contribution < 1.29 is 28.6 Å². The Hall–Kier alpha value is -2.15. The Morgan fingerprint density at radius 3 is 2.80 bits per heavy atom. The number of carbonyl (C=O) groups excluding carboxylic acids is 1.